The molecule has 1 atom stereocenters. The number of benzene rings is 1. The van der Waals surface area contributed by atoms with Crippen molar-refractivity contribution in [3.8, 4) is 17.2 Å². The Labute approximate surface area is 206 Å². The van der Waals surface area contributed by atoms with Crippen LogP contribution in [0.5, 0.6) is 0 Å². The Morgan fingerprint density at radius 2 is 2.03 bits per heavy atom. The molecule has 3 aromatic rings. The van der Waals surface area contributed by atoms with E-state index in [-0.39, 0.29) is 24.1 Å². The van der Waals surface area contributed by atoms with Crippen LogP contribution in [0.1, 0.15) is 52.4 Å². The van der Waals surface area contributed by atoms with Crippen molar-refractivity contribution >= 4 is 34.3 Å². The van der Waals surface area contributed by atoms with Crippen molar-refractivity contribution < 1.29 is 19.1 Å². The summed E-state index contributed by atoms with van der Waals surface area (Å²) >= 11 is 1.01. The van der Waals surface area contributed by atoms with Gasteiger partial charge in [-0.15, -0.1) is 0 Å². The third-order valence-corrected chi connectivity index (χ3v) is 5.89. The van der Waals surface area contributed by atoms with Crippen LogP contribution in [0.2, 0.25) is 0 Å². The zero-order chi connectivity index (χ0) is 25.5. The zero-order valence-corrected chi connectivity index (χ0v) is 20.7. The van der Waals surface area contributed by atoms with E-state index in [0.717, 1.165) is 22.5 Å². The molecule has 0 aliphatic rings. The second kappa shape index (κ2) is 11.4. The predicted octanol–water partition coefficient (Wildman–Crippen LogP) is 3.46. The van der Waals surface area contributed by atoms with Crippen molar-refractivity contribution in [3.05, 3.63) is 52.8 Å². The van der Waals surface area contributed by atoms with E-state index in [4.69, 9.17) is 4.74 Å². The number of ether oxygens (including phenoxy) is 1. The van der Waals surface area contributed by atoms with E-state index in [1.54, 1.807) is 49.8 Å². The number of rotatable bonds is 9. The maximum absolute atomic E-state index is 12.8. The third-order valence-electron chi connectivity index (χ3n) is 4.84. The summed E-state index contributed by atoms with van der Waals surface area (Å²) in [4.78, 5) is 42.1. The Morgan fingerprint density at radius 1 is 1.26 bits per heavy atom. The molecule has 0 unspecified atom stereocenters. The molecule has 0 bridgehead atoms. The molecule has 11 heteroatoms. The lowest BCUT2D eigenvalue weighted by atomic mass is 10.0. The van der Waals surface area contributed by atoms with Crippen LogP contribution in [0.25, 0.3) is 11.1 Å². The first-order valence-electron chi connectivity index (χ1n) is 10.9. The number of thiazole rings is 1. The van der Waals surface area contributed by atoms with Crippen LogP contribution in [0.15, 0.2) is 36.7 Å². The van der Waals surface area contributed by atoms with Gasteiger partial charge in [0.2, 0.25) is 5.91 Å². The van der Waals surface area contributed by atoms with Crippen LogP contribution in [0.4, 0.5) is 5.13 Å². The fourth-order valence-corrected chi connectivity index (χ4v) is 4.13. The standard InChI is InChI=1S/C24H26N6O4S/c1-14(2)34-23(33)21-15(3)27-24(35-21)29-20(31)11-19(8-9-25)28-22(32)17-7-5-6-16(10-17)18-12-26-30(4)13-18/h5-7,10,12-14,19H,8,11H2,1-4H3,(H,28,32)(H,27,29,31)/t19-/m1/s1. The second-order valence-electron chi connectivity index (χ2n) is 8.16. The monoisotopic (exact) mass is 494 g/mol. The van der Waals surface area contributed by atoms with Gasteiger partial charge in [-0.05, 0) is 38.5 Å². The van der Waals surface area contributed by atoms with E-state index >= 15 is 0 Å². The molecule has 0 fully saturated rings. The molecular weight excluding hydrogens is 468 g/mol. The summed E-state index contributed by atoms with van der Waals surface area (Å²) < 4.78 is 6.86. The van der Waals surface area contributed by atoms with E-state index in [1.165, 1.54) is 0 Å². The molecule has 182 valence electrons. The average molecular weight is 495 g/mol. The van der Waals surface area contributed by atoms with Crippen molar-refractivity contribution in [1.29, 1.82) is 5.26 Å². The highest BCUT2D eigenvalue weighted by molar-refractivity contribution is 7.17. The minimum atomic E-state index is -0.707. The molecule has 3 rings (SSSR count). The van der Waals surface area contributed by atoms with E-state index < -0.39 is 23.8 Å². The van der Waals surface area contributed by atoms with Crippen LogP contribution in [0.3, 0.4) is 0 Å². The first-order valence-corrected chi connectivity index (χ1v) is 11.7. The molecular formula is C24H26N6O4S. The molecule has 2 N–H and O–H groups in total. The number of anilines is 1. The van der Waals surface area contributed by atoms with Crippen LogP contribution >= 0.6 is 11.3 Å². The Bertz CT molecular complexity index is 1270. The molecule has 0 saturated heterocycles. The van der Waals surface area contributed by atoms with Gasteiger partial charge in [0.1, 0.15) is 4.88 Å². The predicted molar refractivity (Wildman–Crippen MR) is 131 cm³/mol. The van der Waals surface area contributed by atoms with Crippen LogP contribution in [-0.2, 0) is 16.6 Å². The number of aryl methyl sites for hydroxylation is 2. The van der Waals surface area contributed by atoms with Crippen LogP contribution < -0.4 is 10.6 Å². The molecule has 2 aromatic heterocycles. The van der Waals surface area contributed by atoms with E-state index in [2.05, 4.69) is 20.7 Å². The summed E-state index contributed by atoms with van der Waals surface area (Å²) in [6, 6.07) is 8.31. The summed E-state index contributed by atoms with van der Waals surface area (Å²) in [7, 11) is 1.81. The number of carbonyl (C=O) groups excluding carboxylic acids is 3. The van der Waals surface area contributed by atoms with Gasteiger partial charge in [-0.1, -0.05) is 23.5 Å². The molecule has 1 aromatic carbocycles. The van der Waals surface area contributed by atoms with Crippen molar-refractivity contribution in [2.75, 3.05) is 5.32 Å². The quantitative estimate of drug-likeness (QED) is 0.434. The van der Waals surface area contributed by atoms with Crippen molar-refractivity contribution in [2.45, 2.75) is 45.8 Å². The largest absolute Gasteiger partial charge is 0.459 e. The molecule has 0 spiro atoms. The molecule has 2 heterocycles. The van der Waals surface area contributed by atoms with Gasteiger partial charge in [-0.2, -0.15) is 10.4 Å². The fourth-order valence-electron chi connectivity index (χ4n) is 3.26. The number of hydrogen-bond acceptors (Lipinski definition) is 8. The maximum atomic E-state index is 12.8. The van der Waals surface area contributed by atoms with Gasteiger partial charge in [0.05, 0.1) is 36.5 Å². The number of carbonyl (C=O) groups is 3. The summed E-state index contributed by atoms with van der Waals surface area (Å²) in [5, 5.41) is 19.0. The van der Waals surface area contributed by atoms with Gasteiger partial charge in [-0.3, -0.25) is 14.3 Å². The highest BCUT2D eigenvalue weighted by Crippen LogP contribution is 2.24. The van der Waals surface area contributed by atoms with Gasteiger partial charge in [0.25, 0.3) is 5.91 Å². The lowest BCUT2D eigenvalue weighted by Gasteiger charge is -2.15. The second-order valence-corrected chi connectivity index (χ2v) is 9.16. The molecule has 0 saturated carbocycles. The lowest BCUT2D eigenvalue weighted by Crippen LogP contribution is -2.37. The number of hydrogen-bond donors (Lipinski definition) is 2. The zero-order valence-electron chi connectivity index (χ0n) is 19.9. The van der Waals surface area contributed by atoms with E-state index in [9.17, 15) is 19.6 Å². The lowest BCUT2D eigenvalue weighted by molar-refractivity contribution is -0.116. The number of aromatic nitrogens is 3. The molecule has 2 amide bonds. The summed E-state index contributed by atoms with van der Waals surface area (Å²) in [5.41, 5.74) is 2.54. The number of nitrogens with one attached hydrogen (secondary N) is 2. The first-order chi connectivity index (χ1) is 16.7. The van der Waals surface area contributed by atoms with Crippen LogP contribution in [-0.4, -0.2) is 44.7 Å². The molecule has 0 radical (unpaired) electrons. The summed E-state index contributed by atoms with van der Waals surface area (Å²) in [6.45, 7) is 5.15. The molecule has 0 aliphatic heterocycles. The van der Waals surface area contributed by atoms with Gasteiger partial charge in [0, 0.05) is 30.8 Å². The molecule has 0 aliphatic carbocycles. The highest BCUT2D eigenvalue weighted by Gasteiger charge is 2.21. The average Bonchev–Trinajstić information content (AvgIpc) is 3.38. The van der Waals surface area contributed by atoms with Crippen molar-refractivity contribution in [1.82, 2.24) is 20.1 Å². The smallest absolute Gasteiger partial charge is 0.350 e. The maximum Gasteiger partial charge on any atom is 0.350 e. The number of amides is 2. The number of nitrogens with zero attached hydrogens (tertiary/aromatic N) is 4. The number of nitriles is 1. The minimum absolute atomic E-state index is 0.0513. The van der Waals surface area contributed by atoms with Gasteiger partial charge >= 0.3 is 5.97 Å². The van der Waals surface area contributed by atoms with Crippen LogP contribution in [0, 0.1) is 18.3 Å². The van der Waals surface area contributed by atoms with Crippen molar-refractivity contribution in [2.24, 2.45) is 7.05 Å². The Hall–Kier alpha value is -4.04. The highest BCUT2D eigenvalue weighted by atomic mass is 32.1. The fraction of sp³-hybridized carbons (Fsp3) is 0.333. The Kier molecular flexibility index (Phi) is 8.33. The Morgan fingerprint density at radius 3 is 2.69 bits per heavy atom. The van der Waals surface area contributed by atoms with Gasteiger partial charge < -0.3 is 15.4 Å². The molecule has 35 heavy (non-hydrogen) atoms. The Balaban J connectivity index is 1.64. The minimum Gasteiger partial charge on any atom is -0.459 e. The summed E-state index contributed by atoms with van der Waals surface area (Å²) in [5.74, 6) is -1.33. The SMILES string of the molecule is Cc1nc(NC(=O)C[C@@H](CC#N)NC(=O)c2cccc(-c3cnn(C)c3)c2)sc1C(=O)OC(C)C. The topological polar surface area (TPSA) is 139 Å². The summed E-state index contributed by atoms with van der Waals surface area (Å²) in [6.07, 6.45) is 3.08. The molecule has 10 nitrogen and oxygen atoms in total. The van der Waals surface area contributed by atoms with Gasteiger partial charge in [0.15, 0.2) is 5.13 Å². The van der Waals surface area contributed by atoms with Gasteiger partial charge in [-0.25, -0.2) is 9.78 Å². The van der Waals surface area contributed by atoms with Crippen molar-refractivity contribution in [3.63, 3.8) is 0 Å². The first kappa shape index (κ1) is 25.6. The van der Waals surface area contributed by atoms with E-state index in [0.29, 0.717) is 16.1 Å². The normalized spacial score (nSPS) is 11.5. The third kappa shape index (κ3) is 6.97. The van der Waals surface area contributed by atoms with E-state index in [1.807, 2.05) is 25.4 Å². The number of esters is 1.